The highest BCUT2D eigenvalue weighted by Gasteiger charge is 2.08. The van der Waals surface area contributed by atoms with Crippen molar-refractivity contribution in [3.05, 3.63) is 28.8 Å². The molecule has 2 rings (SSSR count). The van der Waals surface area contributed by atoms with Crippen molar-refractivity contribution >= 4 is 27.3 Å². The van der Waals surface area contributed by atoms with Crippen LogP contribution in [0.25, 0.3) is 10.2 Å². The number of hydrogen-bond donors (Lipinski definition) is 1. The van der Waals surface area contributed by atoms with Crippen LogP contribution in [0.5, 0.6) is 0 Å². The first kappa shape index (κ1) is 11.2. The molecule has 1 aromatic carbocycles. The maximum atomic E-state index is 11.7. The van der Waals surface area contributed by atoms with E-state index in [1.54, 1.807) is 11.3 Å². The standard InChI is InChI=1S/C12H14N2OS/c1-2-12-14-9-4-3-8(7-11(9)16-12)10(15)5-6-13/h3-4,7H,2,5-6,13H2,1H3. The van der Waals surface area contributed by atoms with E-state index >= 15 is 0 Å². The normalized spacial score (nSPS) is 10.9. The quantitative estimate of drug-likeness (QED) is 0.826. The lowest BCUT2D eigenvalue weighted by atomic mass is 10.1. The summed E-state index contributed by atoms with van der Waals surface area (Å²) in [5.41, 5.74) is 7.09. The van der Waals surface area contributed by atoms with Crippen molar-refractivity contribution in [2.45, 2.75) is 19.8 Å². The fourth-order valence-corrected chi connectivity index (χ4v) is 2.52. The van der Waals surface area contributed by atoms with Gasteiger partial charge in [-0.2, -0.15) is 0 Å². The number of benzene rings is 1. The van der Waals surface area contributed by atoms with Crippen LogP contribution < -0.4 is 5.73 Å². The number of rotatable bonds is 4. The number of hydrogen-bond acceptors (Lipinski definition) is 4. The minimum absolute atomic E-state index is 0.107. The Labute approximate surface area is 98.3 Å². The highest BCUT2D eigenvalue weighted by atomic mass is 32.1. The highest BCUT2D eigenvalue weighted by molar-refractivity contribution is 7.18. The Balaban J connectivity index is 2.39. The van der Waals surface area contributed by atoms with Crippen molar-refractivity contribution in [3.8, 4) is 0 Å². The van der Waals surface area contributed by atoms with Crippen LogP contribution in [0.2, 0.25) is 0 Å². The zero-order valence-electron chi connectivity index (χ0n) is 9.19. The average Bonchev–Trinajstić information content (AvgIpc) is 2.70. The van der Waals surface area contributed by atoms with Crippen LogP contribution in [0.15, 0.2) is 18.2 Å². The molecule has 3 nitrogen and oxygen atoms in total. The third-order valence-corrected chi connectivity index (χ3v) is 3.59. The van der Waals surface area contributed by atoms with Gasteiger partial charge in [0.1, 0.15) is 0 Å². The average molecular weight is 234 g/mol. The predicted octanol–water partition coefficient (Wildman–Crippen LogP) is 2.39. The molecule has 0 spiro atoms. The van der Waals surface area contributed by atoms with E-state index in [0.29, 0.717) is 13.0 Å². The number of carbonyl (C=O) groups excluding carboxylic acids is 1. The molecule has 0 aliphatic heterocycles. The smallest absolute Gasteiger partial charge is 0.164 e. The molecule has 84 valence electrons. The van der Waals surface area contributed by atoms with Gasteiger partial charge in [-0.15, -0.1) is 11.3 Å². The van der Waals surface area contributed by atoms with Gasteiger partial charge in [-0.05, 0) is 31.2 Å². The van der Waals surface area contributed by atoms with E-state index in [0.717, 1.165) is 27.2 Å². The first-order valence-corrected chi connectivity index (χ1v) is 6.19. The monoisotopic (exact) mass is 234 g/mol. The van der Waals surface area contributed by atoms with Gasteiger partial charge in [0, 0.05) is 12.0 Å². The molecule has 0 radical (unpaired) electrons. The molecule has 1 heterocycles. The molecule has 2 aromatic rings. The van der Waals surface area contributed by atoms with Gasteiger partial charge in [-0.1, -0.05) is 6.92 Å². The van der Waals surface area contributed by atoms with Crippen LogP contribution in [-0.4, -0.2) is 17.3 Å². The Morgan fingerprint density at radius 1 is 1.50 bits per heavy atom. The first-order valence-electron chi connectivity index (χ1n) is 5.37. The van der Waals surface area contributed by atoms with Gasteiger partial charge in [0.15, 0.2) is 5.78 Å². The van der Waals surface area contributed by atoms with E-state index in [1.165, 1.54) is 0 Å². The molecule has 0 atom stereocenters. The van der Waals surface area contributed by atoms with Crippen molar-refractivity contribution < 1.29 is 4.79 Å². The summed E-state index contributed by atoms with van der Waals surface area (Å²) in [6.45, 7) is 2.48. The van der Waals surface area contributed by atoms with Gasteiger partial charge in [0.25, 0.3) is 0 Å². The van der Waals surface area contributed by atoms with Crippen molar-refractivity contribution in [2.75, 3.05) is 6.54 Å². The topological polar surface area (TPSA) is 56.0 Å². The number of nitrogens with zero attached hydrogens (tertiary/aromatic N) is 1. The molecule has 1 aromatic heterocycles. The minimum atomic E-state index is 0.107. The second kappa shape index (κ2) is 4.72. The molecular weight excluding hydrogens is 220 g/mol. The van der Waals surface area contributed by atoms with E-state index in [4.69, 9.17) is 5.73 Å². The summed E-state index contributed by atoms with van der Waals surface area (Å²) in [7, 11) is 0. The van der Waals surface area contributed by atoms with Crippen LogP contribution >= 0.6 is 11.3 Å². The SMILES string of the molecule is CCc1nc2ccc(C(=O)CCN)cc2s1. The summed E-state index contributed by atoms with van der Waals surface area (Å²) in [6.07, 6.45) is 1.34. The molecular formula is C12H14N2OS. The third-order valence-electron chi connectivity index (χ3n) is 2.43. The summed E-state index contributed by atoms with van der Waals surface area (Å²) < 4.78 is 1.08. The van der Waals surface area contributed by atoms with Crippen LogP contribution in [0.1, 0.15) is 28.7 Å². The van der Waals surface area contributed by atoms with Gasteiger partial charge in [-0.25, -0.2) is 4.98 Å². The Morgan fingerprint density at radius 2 is 2.31 bits per heavy atom. The summed E-state index contributed by atoms with van der Waals surface area (Å²) in [4.78, 5) is 16.1. The fraction of sp³-hybridized carbons (Fsp3) is 0.333. The Morgan fingerprint density at radius 3 is 3.00 bits per heavy atom. The number of ketones is 1. The van der Waals surface area contributed by atoms with Gasteiger partial charge in [-0.3, -0.25) is 4.79 Å². The van der Waals surface area contributed by atoms with Crippen molar-refractivity contribution in [2.24, 2.45) is 5.73 Å². The van der Waals surface area contributed by atoms with E-state index < -0.39 is 0 Å². The predicted molar refractivity (Wildman–Crippen MR) is 67.0 cm³/mol. The number of aromatic nitrogens is 1. The van der Waals surface area contributed by atoms with E-state index in [9.17, 15) is 4.79 Å². The first-order chi connectivity index (χ1) is 7.74. The van der Waals surface area contributed by atoms with E-state index in [2.05, 4.69) is 11.9 Å². The molecule has 0 unspecified atom stereocenters. The van der Waals surface area contributed by atoms with E-state index in [-0.39, 0.29) is 5.78 Å². The molecule has 0 bridgehead atoms. The second-order valence-electron chi connectivity index (χ2n) is 3.61. The Kier molecular flexibility index (Phi) is 3.31. The summed E-state index contributed by atoms with van der Waals surface area (Å²) >= 11 is 1.65. The summed E-state index contributed by atoms with van der Waals surface area (Å²) in [5, 5.41) is 1.11. The van der Waals surface area contributed by atoms with Gasteiger partial charge in [0.05, 0.1) is 15.2 Å². The number of nitrogens with two attached hydrogens (primary N) is 1. The lowest BCUT2D eigenvalue weighted by molar-refractivity contribution is 0.0985. The molecule has 0 amide bonds. The van der Waals surface area contributed by atoms with Gasteiger partial charge >= 0.3 is 0 Å². The lowest BCUT2D eigenvalue weighted by Crippen LogP contribution is -2.07. The molecule has 2 N–H and O–H groups in total. The summed E-state index contributed by atoms with van der Waals surface area (Å²) in [6, 6.07) is 5.67. The van der Waals surface area contributed by atoms with Crippen LogP contribution in [0.4, 0.5) is 0 Å². The van der Waals surface area contributed by atoms with Gasteiger partial charge < -0.3 is 5.73 Å². The maximum Gasteiger partial charge on any atom is 0.164 e. The highest BCUT2D eigenvalue weighted by Crippen LogP contribution is 2.23. The lowest BCUT2D eigenvalue weighted by Gasteiger charge is -1.98. The molecule has 0 fully saturated rings. The van der Waals surface area contributed by atoms with Crippen molar-refractivity contribution in [3.63, 3.8) is 0 Å². The maximum absolute atomic E-state index is 11.7. The molecule has 0 aliphatic carbocycles. The van der Waals surface area contributed by atoms with E-state index in [1.807, 2.05) is 18.2 Å². The number of carbonyl (C=O) groups is 1. The third kappa shape index (κ3) is 2.13. The molecule has 0 saturated carbocycles. The van der Waals surface area contributed by atoms with Crippen LogP contribution in [0.3, 0.4) is 0 Å². The number of aryl methyl sites for hydroxylation is 1. The molecule has 4 heteroatoms. The minimum Gasteiger partial charge on any atom is -0.330 e. The van der Waals surface area contributed by atoms with Crippen molar-refractivity contribution in [1.82, 2.24) is 4.98 Å². The zero-order valence-corrected chi connectivity index (χ0v) is 10.0. The Bertz CT molecular complexity index is 519. The summed E-state index contributed by atoms with van der Waals surface area (Å²) in [5.74, 6) is 0.107. The van der Waals surface area contributed by atoms with Crippen LogP contribution in [0, 0.1) is 0 Å². The molecule has 16 heavy (non-hydrogen) atoms. The van der Waals surface area contributed by atoms with Crippen LogP contribution in [-0.2, 0) is 6.42 Å². The second-order valence-corrected chi connectivity index (χ2v) is 4.72. The fourth-order valence-electron chi connectivity index (χ4n) is 1.57. The largest absolute Gasteiger partial charge is 0.330 e. The number of Topliss-reactive ketones (excluding diaryl/α,β-unsaturated/α-hetero) is 1. The molecule has 0 aliphatic rings. The van der Waals surface area contributed by atoms with Crippen molar-refractivity contribution in [1.29, 1.82) is 0 Å². The molecule has 0 saturated heterocycles. The number of thiazole rings is 1. The Hall–Kier alpha value is -1.26. The number of fused-ring (bicyclic) bond motifs is 1. The zero-order chi connectivity index (χ0) is 11.5. The van der Waals surface area contributed by atoms with Gasteiger partial charge in [0.2, 0.25) is 0 Å².